The number of ether oxygens (including phenoxy) is 1. The van der Waals surface area contributed by atoms with Gasteiger partial charge < -0.3 is 10.1 Å². The summed E-state index contributed by atoms with van der Waals surface area (Å²) in [6.07, 6.45) is 2.75. The predicted molar refractivity (Wildman–Crippen MR) is 81.9 cm³/mol. The molecule has 1 N–H and O–H groups in total. The maximum atomic E-state index is 5.80. The third kappa shape index (κ3) is 4.54. The molecular formula is C16H19NOS. The summed E-state index contributed by atoms with van der Waals surface area (Å²) in [6, 6.07) is 12.3. The summed E-state index contributed by atoms with van der Waals surface area (Å²) in [7, 11) is 0. The van der Waals surface area contributed by atoms with Crippen molar-refractivity contribution in [3.8, 4) is 5.75 Å². The van der Waals surface area contributed by atoms with E-state index in [9.17, 15) is 0 Å². The van der Waals surface area contributed by atoms with Gasteiger partial charge >= 0.3 is 0 Å². The maximum Gasteiger partial charge on any atom is 0.122 e. The van der Waals surface area contributed by atoms with Crippen LogP contribution >= 0.6 is 11.3 Å². The molecular weight excluding hydrogens is 254 g/mol. The van der Waals surface area contributed by atoms with Gasteiger partial charge in [-0.2, -0.15) is 0 Å². The molecule has 1 aromatic heterocycles. The van der Waals surface area contributed by atoms with Crippen LogP contribution in [0.5, 0.6) is 5.75 Å². The molecule has 0 radical (unpaired) electrons. The zero-order valence-corrected chi connectivity index (χ0v) is 11.8. The molecule has 0 atom stereocenters. The number of benzene rings is 1. The molecule has 1 aromatic carbocycles. The van der Waals surface area contributed by atoms with E-state index in [1.54, 1.807) is 11.3 Å². The van der Waals surface area contributed by atoms with Gasteiger partial charge in [0.25, 0.3) is 0 Å². The van der Waals surface area contributed by atoms with Gasteiger partial charge in [-0.25, -0.2) is 0 Å². The molecule has 0 fully saturated rings. The number of hydrogen-bond acceptors (Lipinski definition) is 3. The molecule has 2 rings (SSSR count). The van der Waals surface area contributed by atoms with Crippen LogP contribution in [0.2, 0.25) is 0 Å². The Morgan fingerprint density at radius 1 is 1.21 bits per heavy atom. The summed E-state index contributed by atoms with van der Waals surface area (Å²) < 4.78 is 5.80. The van der Waals surface area contributed by atoms with Gasteiger partial charge in [-0.3, -0.25) is 0 Å². The molecule has 19 heavy (non-hydrogen) atoms. The van der Waals surface area contributed by atoms with Crippen LogP contribution < -0.4 is 10.1 Å². The fourth-order valence-electron chi connectivity index (χ4n) is 1.83. The average molecular weight is 273 g/mol. The molecule has 2 aromatic rings. The Kier molecular flexibility index (Phi) is 5.66. The molecule has 0 spiro atoms. The topological polar surface area (TPSA) is 21.3 Å². The minimum Gasteiger partial charge on any atom is -0.492 e. The highest BCUT2D eigenvalue weighted by Crippen LogP contribution is 2.18. The highest BCUT2D eigenvalue weighted by Gasteiger charge is 2.00. The van der Waals surface area contributed by atoms with Gasteiger partial charge in [0.2, 0.25) is 0 Å². The van der Waals surface area contributed by atoms with E-state index in [1.807, 2.05) is 24.3 Å². The quantitative estimate of drug-likeness (QED) is 0.585. The summed E-state index contributed by atoms with van der Waals surface area (Å²) in [5.41, 5.74) is 1.19. The molecule has 0 aliphatic heterocycles. The number of para-hydroxylation sites is 1. The molecule has 0 amide bonds. The lowest BCUT2D eigenvalue weighted by molar-refractivity contribution is 0.311. The van der Waals surface area contributed by atoms with E-state index in [-0.39, 0.29) is 0 Å². The van der Waals surface area contributed by atoms with Gasteiger partial charge in [0.1, 0.15) is 12.4 Å². The van der Waals surface area contributed by atoms with E-state index in [4.69, 9.17) is 4.74 Å². The molecule has 2 nitrogen and oxygen atoms in total. The highest BCUT2D eigenvalue weighted by atomic mass is 32.1. The van der Waals surface area contributed by atoms with Crippen molar-refractivity contribution in [3.05, 3.63) is 64.9 Å². The first-order valence-electron chi connectivity index (χ1n) is 6.45. The zero-order chi connectivity index (χ0) is 13.3. The van der Waals surface area contributed by atoms with Crippen molar-refractivity contribution in [1.29, 1.82) is 0 Å². The van der Waals surface area contributed by atoms with E-state index in [1.165, 1.54) is 10.4 Å². The normalized spacial score (nSPS) is 10.3. The zero-order valence-electron chi connectivity index (χ0n) is 11.0. The monoisotopic (exact) mass is 273 g/mol. The van der Waals surface area contributed by atoms with E-state index in [0.717, 1.165) is 25.3 Å². The van der Waals surface area contributed by atoms with Crippen LogP contribution in [0.3, 0.4) is 0 Å². The van der Waals surface area contributed by atoms with Gasteiger partial charge in [-0.05, 0) is 29.5 Å². The first-order chi connectivity index (χ1) is 9.40. The number of allylic oxidation sites excluding steroid dienone is 1. The van der Waals surface area contributed by atoms with Crippen molar-refractivity contribution < 1.29 is 4.74 Å². The molecule has 1 heterocycles. The molecule has 0 saturated carbocycles. The molecule has 0 saturated heterocycles. The number of thiophene rings is 1. The van der Waals surface area contributed by atoms with Gasteiger partial charge in [-0.1, -0.05) is 30.3 Å². The molecule has 0 bridgehead atoms. The molecule has 100 valence electrons. The van der Waals surface area contributed by atoms with Gasteiger partial charge in [0.15, 0.2) is 0 Å². The van der Waals surface area contributed by atoms with Crippen molar-refractivity contribution in [2.24, 2.45) is 0 Å². The maximum absolute atomic E-state index is 5.80. The lowest BCUT2D eigenvalue weighted by Gasteiger charge is -2.10. The van der Waals surface area contributed by atoms with Crippen molar-refractivity contribution in [3.63, 3.8) is 0 Å². The number of nitrogens with one attached hydrogen (secondary N) is 1. The number of rotatable bonds is 8. The van der Waals surface area contributed by atoms with Crippen LogP contribution in [0.1, 0.15) is 10.4 Å². The van der Waals surface area contributed by atoms with Crippen molar-refractivity contribution >= 4 is 11.3 Å². The van der Waals surface area contributed by atoms with Crippen LogP contribution in [-0.2, 0) is 13.0 Å². The smallest absolute Gasteiger partial charge is 0.122 e. The van der Waals surface area contributed by atoms with E-state index in [0.29, 0.717) is 6.61 Å². The van der Waals surface area contributed by atoms with Crippen LogP contribution in [0.15, 0.2) is 54.4 Å². The Morgan fingerprint density at radius 2 is 2.11 bits per heavy atom. The Morgan fingerprint density at radius 3 is 2.89 bits per heavy atom. The third-order valence-corrected chi connectivity index (χ3v) is 3.63. The number of hydrogen-bond donors (Lipinski definition) is 1. The van der Waals surface area contributed by atoms with E-state index < -0.39 is 0 Å². The average Bonchev–Trinajstić information content (AvgIpc) is 2.94. The first kappa shape index (κ1) is 13.8. The second-order valence-electron chi connectivity index (χ2n) is 4.21. The van der Waals surface area contributed by atoms with Crippen LogP contribution in [0.4, 0.5) is 0 Å². The Bertz CT molecular complexity index is 493. The highest BCUT2D eigenvalue weighted by molar-refractivity contribution is 7.09. The summed E-state index contributed by atoms with van der Waals surface area (Å²) in [6.45, 7) is 6.21. The lowest BCUT2D eigenvalue weighted by atomic mass is 10.1. The van der Waals surface area contributed by atoms with Gasteiger partial charge in [-0.15, -0.1) is 17.9 Å². The van der Waals surface area contributed by atoms with Crippen LogP contribution in [0.25, 0.3) is 0 Å². The minimum atomic E-state index is 0.680. The minimum absolute atomic E-state index is 0.680. The first-order valence-corrected chi connectivity index (χ1v) is 7.33. The van der Waals surface area contributed by atoms with Gasteiger partial charge in [0.05, 0.1) is 0 Å². The van der Waals surface area contributed by atoms with Crippen molar-refractivity contribution in [2.45, 2.75) is 13.0 Å². The summed E-state index contributed by atoms with van der Waals surface area (Å²) in [4.78, 5) is 1.35. The van der Waals surface area contributed by atoms with Crippen molar-refractivity contribution in [1.82, 2.24) is 5.32 Å². The van der Waals surface area contributed by atoms with Crippen LogP contribution in [0, 0.1) is 0 Å². The SMILES string of the molecule is C=CCc1ccccc1OCCNCc1cccs1. The lowest BCUT2D eigenvalue weighted by Crippen LogP contribution is -2.20. The molecule has 0 unspecified atom stereocenters. The predicted octanol–water partition coefficient (Wildman–Crippen LogP) is 3.65. The second-order valence-corrected chi connectivity index (χ2v) is 5.24. The fourth-order valence-corrected chi connectivity index (χ4v) is 2.50. The standard InChI is InChI=1S/C16H19NOS/c1-2-6-14-7-3-4-9-16(14)18-11-10-17-13-15-8-5-12-19-15/h2-5,7-9,12,17H,1,6,10-11,13H2. The Balaban J connectivity index is 1.72. The molecule has 0 aliphatic carbocycles. The Hall–Kier alpha value is -1.58. The van der Waals surface area contributed by atoms with Crippen molar-refractivity contribution in [2.75, 3.05) is 13.2 Å². The Labute approximate surface area is 118 Å². The molecule has 0 aliphatic rings. The summed E-state index contributed by atoms with van der Waals surface area (Å²) >= 11 is 1.77. The van der Waals surface area contributed by atoms with E-state index >= 15 is 0 Å². The van der Waals surface area contributed by atoms with Crippen LogP contribution in [-0.4, -0.2) is 13.2 Å². The molecule has 3 heteroatoms. The summed E-state index contributed by atoms with van der Waals surface area (Å²) in [5, 5.41) is 5.47. The summed E-state index contributed by atoms with van der Waals surface area (Å²) in [5.74, 6) is 0.959. The van der Waals surface area contributed by atoms with Gasteiger partial charge in [0, 0.05) is 18.0 Å². The largest absolute Gasteiger partial charge is 0.492 e. The fraction of sp³-hybridized carbons (Fsp3) is 0.250. The second kappa shape index (κ2) is 7.77. The third-order valence-electron chi connectivity index (χ3n) is 2.75. The van der Waals surface area contributed by atoms with E-state index in [2.05, 4.69) is 35.5 Å².